The molecule has 0 aliphatic carbocycles. The third kappa shape index (κ3) is 3.76. The van der Waals surface area contributed by atoms with Crippen molar-refractivity contribution in [2.45, 2.75) is 30.5 Å². The van der Waals surface area contributed by atoms with E-state index in [1.807, 2.05) is 36.4 Å². The van der Waals surface area contributed by atoms with E-state index in [1.165, 1.54) is 5.38 Å². The van der Waals surface area contributed by atoms with Crippen LogP contribution >= 0.6 is 11.3 Å². The Morgan fingerprint density at radius 1 is 1.07 bits per heavy atom. The van der Waals surface area contributed by atoms with Gasteiger partial charge in [0.1, 0.15) is 41.2 Å². The zero-order valence-corrected chi connectivity index (χ0v) is 16.0. The molecular formula is C20H20N2O6S. The largest absolute Gasteiger partial charge is 0.394 e. The minimum absolute atomic E-state index is 0.134. The fourth-order valence-corrected chi connectivity index (χ4v) is 4.22. The second kappa shape index (κ2) is 8.15. The summed E-state index contributed by atoms with van der Waals surface area (Å²) in [6, 6.07) is 13.3. The Morgan fingerprint density at radius 2 is 1.83 bits per heavy atom. The van der Waals surface area contributed by atoms with Crippen LogP contribution in [0, 0.1) is 0 Å². The molecule has 0 unspecified atom stereocenters. The van der Waals surface area contributed by atoms with Gasteiger partial charge in [0.05, 0.1) is 6.61 Å². The minimum Gasteiger partial charge on any atom is -0.394 e. The average molecular weight is 416 g/mol. The summed E-state index contributed by atoms with van der Waals surface area (Å²) in [5.41, 5.74) is 0.783. The fraction of sp³-hybridized carbons (Fsp3) is 0.300. The summed E-state index contributed by atoms with van der Waals surface area (Å²) >= 11 is 1.09. The summed E-state index contributed by atoms with van der Waals surface area (Å²) in [5, 5.41) is 45.9. The molecule has 8 nitrogen and oxygen atoms in total. The number of nitrogens with zero attached hydrogens (tertiary/aromatic N) is 1. The highest BCUT2D eigenvalue weighted by Crippen LogP contribution is 2.34. The van der Waals surface area contributed by atoms with Gasteiger partial charge in [-0.2, -0.15) is 0 Å². The fourth-order valence-electron chi connectivity index (χ4n) is 3.35. The summed E-state index contributed by atoms with van der Waals surface area (Å²) in [7, 11) is 0. The van der Waals surface area contributed by atoms with Gasteiger partial charge in [-0.05, 0) is 11.5 Å². The number of ether oxygens (including phenoxy) is 1. The van der Waals surface area contributed by atoms with Crippen molar-refractivity contribution in [1.82, 2.24) is 4.98 Å². The molecular weight excluding hydrogens is 396 g/mol. The number of thiazole rings is 1. The van der Waals surface area contributed by atoms with Gasteiger partial charge in [0.25, 0.3) is 5.91 Å². The zero-order valence-electron chi connectivity index (χ0n) is 15.2. The van der Waals surface area contributed by atoms with Crippen LogP contribution in [-0.2, 0) is 4.74 Å². The topological polar surface area (TPSA) is 132 Å². The summed E-state index contributed by atoms with van der Waals surface area (Å²) in [5.74, 6) is -0.423. The van der Waals surface area contributed by atoms with Gasteiger partial charge in [-0.25, -0.2) is 4.98 Å². The maximum Gasteiger partial charge on any atom is 0.275 e. The maximum atomic E-state index is 12.7. The highest BCUT2D eigenvalue weighted by atomic mass is 32.1. The van der Waals surface area contributed by atoms with Crippen molar-refractivity contribution in [2.75, 3.05) is 11.9 Å². The van der Waals surface area contributed by atoms with Crippen LogP contribution in [0.2, 0.25) is 0 Å². The van der Waals surface area contributed by atoms with E-state index in [2.05, 4.69) is 10.3 Å². The molecule has 9 heteroatoms. The van der Waals surface area contributed by atoms with Gasteiger partial charge in [-0.1, -0.05) is 36.4 Å². The van der Waals surface area contributed by atoms with Gasteiger partial charge in [-0.15, -0.1) is 11.3 Å². The van der Waals surface area contributed by atoms with Gasteiger partial charge in [0.2, 0.25) is 0 Å². The number of carbonyl (C=O) groups is 1. The molecule has 5 N–H and O–H groups in total. The number of amides is 1. The Balaban J connectivity index is 1.55. The normalized spacial score (nSPS) is 27.1. The molecule has 1 fully saturated rings. The van der Waals surface area contributed by atoms with E-state index < -0.39 is 43.0 Å². The van der Waals surface area contributed by atoms with E-state index in [-0.39, 0.29) is 10.7 Å². The van der Waals surface area contributed by atoms with Crippen LogP contribution in [0.4, 0.5) is 5.69 Å². The SMILES string of the molecule is O=C(Nc1cccc2ccccc12)c1csc([C@@H]2O[C@H](CO)[C@H](O)[C@H](O)[C@H]2O)n1. The second-order valence-corrected chi connectivity index (χ2v) is 7.69. The third-order valence-corrected chi connectivity index (χ3v) is 5.83. The number of hydrogen-bond donors (Lipinski definition) is 5. The van der Waals surface area contributed by atoms with Gasteiger partial charge in [0, 0.05) is 16.5 Å². The molecule has 0 radical (unpaired) electrons. The van der Waals surface area contributed by atoms with E-state index in [1.54, 1.807) is 6.07 Å². The number of benzene rings is 2. The molecule has 1 aromatic heterocycles. The van der Waals surface area contributed by atoms with Gasteiger partial charge in [-0.3, -0.25) is 4.79 Å². The molecule has 0 saturated carbocycles. The lowest BCUT2D eigenvalue weighted by molar-refractivity contribution is -0.231. The number of aliphatic hydroxyl groups is 4. The first-order valence-electron chi connectivity index (χ1n) is 9.04. The van der Waals surface area contributed by atoms with Gasteiger partial charge in [0.15, 0.2) is 0 Å². The molecule has 1 amide bonds. The van der Waals surface area contributed by atoms with Gasteiger partial charge >= 0.3 is 0 Å². The Hall–Kier alpha value is -2.40. The minimum atomic E-state index is -1.50. The predicted molar refractivity (Wildman–Crippen MR) is 107 cm³/mol. The van der Waals surface area contributed by atoms with Crippen molar-refractivity contribution in [3.8, 4) is 0 Å². The number of hydrogen-bond acceptors (Lipinski definition) is 8. The molecule has 0 bridgehead atoms. The first kappa shape index (κ1) is 19.9. The lowest BCUT2D eigenvalue weighted by Crippen LogP contribution is -2.55. The van der Waals surface area contributed by atoms with E-state index in [0.29, 0.717) is 5.69 Å². The molecule has 29 heavy (non-hydrogen) atoms. The molecule has 1 saturated heterocycles. The van der Waals surface area contributed by atoms with E-state index >= 15 is 0 Å². The van der Waals surface area contributed by atoms with Crippen LogP contribution < -0.4 is 5.32 Å². The van der Waals surface area contributed by atoms with Crippen LogP contribution in [0.3, 0.4) is 0 Å². The number of nitrogens with one attached hydrogen (secondary N) is 1. The molecule has 2 heterocycles. The monoisotopic (exact) mass is 416 g/mol. The summed E-state index contributed by atoms with van der Waals surface area (Å²) in [6.45, 7) is -0.527. The van der Waals surface area contributed by atoms with Crippen LogP contribution in [0.5, 0.6) is 0 Å². The van der Waals surface area contributed by atoms with Crippen LogP contribution in [0.25, 0.3) is 10.8 Å². The number of aliphatic hydroxyl groups excluding tert-OH is 4. The molecule has 3 aromatic rings. The second-order valence-electron chi connectivity index (χ2n) is 6.80. The number of anilines is 1. The highest BCUT2D eigenvalue weighted by Gasteiger charge is 2.45. The zero-order chi connectivity index (χ0) is 20.5. The first-order valence-corrected chi connectivity index (χ1v) is 9.92. The number of rotatable bonds is 4. The van der Waals surface area contributed by atoms with E-state index in [4.69, 9.17) is 4.74 Å². The molecule has 2 aromatic carbocycles. The number of carbonyl (C=O) groups excluding carboxylic acids is 1. The van der Waals surface area contributed by atoms with Crippen LogP contribution in [0.15, 0.2) is 47.8 Å². The Labute approximate surface area is 170 Å². The number of aromatic nitrogens is 1. The van der Waals surface area contributed by atoms with Crippen molar-refractivity contribution in [3.05, 3.63) is 58.5 Å². The van der Waals surface area contributed by atoms with Crippen LogP contribution in [-0.4, -0.2) is 62.3 Å². The lowest BCUT2D eigenvalue weighted by Gasteiger charge is -2.39. The third-order valence-electron chi connectivity index (χ3n) is 4.93. The smallest absolute Gasteiger partial charge is 0.275 e. The Bertz CT molecular complexity index is 1020. The van der Waals surface area contributed by atoms with E-state index in [0.717, 1.165) is 22.1 Å². The Morgan fingerprint density at radius 3 is 2.62 bits per heavy atom. The first-order chi connectivity index (χ1) is 14.0. The molecule has 0 spiro atoms. The molecule has 1 aliphatic heterocycles. The predicted octanol–water partition coefficient (Wildman–Crippen LogP) is 1.06. The van der Waals surface area contributed by atoms with Crippen molar-refractivity contribution in [1.29, 1.82) is 0 Å². The Kier molecular flexibility index (Phi) is 5.59. The van der Waals surface area contributed by atoms with E-state index in [9.17, 15) is 25.2 Å². The molecule has 1 aliphatic rings. The van der Waals surface area contributed by atoms with Crippen molar-refractivity contribution in [2.24, 2.45) is 0 Å². The molecule has 4 rings (SSSR count). The lowest BCUT2D eigenvalue weighted by atomic mass is 9.95. The number of fused-ring (bicyclic) bond motifs is 1. The van der Waals surface area contributed by atoms with Crippen molar-refractivity contribution < 1.29 is 30.0 Å². The summed E-state index contributed by atoms with van der Waals surface area (Å²) in [4.78, 5) is 16.9. The highest BCUT2D eigenvalue weighted by molar-refractivity contribution is 7.09. The van der Waals surface area contributed by atoms with Crippen LogP contribution in [0.1, 0.15) is 21.6 Å². The standard InChI is InChI=1S/C20H20N2O6S/c23-8-14-15(24)16(25)17(26)18(28-14)20-22-13(9-29-20)19(27)21-12-7-3-5-10-4-1-2-6-11(10)12/h1-7,9,14-18,23-26H,8H2,(H,21,27)/t14-,15+,16+,17-,18-/m1/s1. The van der Waals surface area contributed by atoms with Crippen molar-refractivity contribution >= 4 is 33.7 Å². The average Bonchev–Trinajstić information content (AvgIpc) is 3.23. The molecule has 152 valence electrons. The van der Waals surface area contributed by atoms with Crippen molar-refractivity contribution in [3.63, 3.8) is 0 Å². The quantitative estimate of drug-likeness (QED) is 0.430. The summed E-state index contributed by atoms with van der Waals surface area (Å²) < 4.78 is 5.49. The summed E-state index contributed by atoms with van der Waals surface area (Å²) in [6.07, 6.45) is -6.47. The molecule has 5 atom stereocenters. The maximum absolute atomic E-state index is 12.7. The van der Waals surface area contributed by atoms with Gasteiger partial charge < -0.3 is 30.5 Å².